The van der Waals surface area contributed by atoms with E-state index in [1.54, 1.807) is 34.8 Å². The van der Waals surface area contributed by atoms with Gasteiger partial charge in [-0.3, -0.25) is 15.0 Å². The molecule has 0 saturated carbocycles. The van der Waals surface area contributed by atoms with Crippen LogP contribution >= 0.6 is 11.3 Å². The number of nitrogens with zero attached hydrogens (tertiary/aromatic N) is 6. The molecule has 2 N–H and O–H groups in total. The number of likely N-dealkylation sites (tertiary alicyclic amines) is 1. The standard InChI is InChI=1S/C26H20F2N8S/c27-26(28)6-8-36(14-26)13-15-10-16(12-29-11-15)18-3-4-19-22(31-18)23(35-34-19)25-32-21-17(20-2-1-9-37-20)5-7-30-24(21)33-25/h1-5,7,9-12H,6,8,13-14H2,(H,34,35)(H,30,32,33). The summed E-state index contributed by atoms with van der Waals surface area (Å²) in [6.07, 6.45) is 5.10. The Morgan fingerprint density at radius 2 is 2.05 bits per heavy atom. The van der Waals surface area contributed by atoms with Crippen molar-refractivity contribution in [2.24, 2.45) is 0 Å². The van der Waals surface area contributed by atoms with Crippen molar-refractivity contribution in [1.29, 1.82) is 0 Å². The molecule has 0 amide bonds. The molecular formula is C26H20F2N8S. The van der Waals surface area contributed by atoms with Gasteiger partial charge in [0.25, 0.3) is 5.92 Å². The number of nitrogens with one attached hydrogen (secondary N) is 2. The van der Waals surface area contributed by atoms with E-state index in [1.165, 1.54) is 0 Å². The molecule has 6 aromatic heterocycles. The van der Waals surface area contributed by atoms with Crippen LogP contribution in [0.2, 0.25) is 0 Å². The SMILES string of the molecule is FC1(F)CCN(Cc2cncc(-c3ccc4[nH]nc(-c5nc6nccc(-c7cccs7)c6[nH]5)c4n3)c2)C1. The lowest BCUT2D eigenvalue weighted by Crippen LogP contribution is -2.24. The molecule has 184 valence electrons. The molecule has 7 heterocycles. The first-order valence-corrected chi connectivity index (χ1v) is 12.7. The fraction of sp³-hybridized carbons (Fsp3) is 0.192. The first kappa shape index (κ1) is 22.1. The lowest BCUT2D eigenvalue weighted by atomic mass is 10.1. The predicted molar refractivity (Wildman–Crippen MR) is 138 cm³/mol. The molecule has 0 spiro atoms. The minimum absolute atomic E-state index is 0.103. The minimum atomic E-state index is -2.62. The van der Waals surface area contributed by atoms with Crippen molar-refractivity contribution >= 4 is 33.5 Å². The highest BCUT2D eigenvalue weighted by molar-refractivity contribution is 7.13. The zero-order valence-electron chi connectivity index (χ0n) is 19.4. The van der Waals surface area contributed by atoms with Crippen LogP contribution < -0.4 is 0 Å². The summed E-state index contributed by atoms with van der Waals surface area (Å²) in [4.78, 5) is 24.6. The predicted octanol–water partition coefficient (Wildman–Crippen LogP) is 5.53. The van der Waals surface area contributed by atoms with E-state index < -0.39 is 5.92 Å². The molecule has 0 aromatic carbocycles. The van der Waals surface area contributed by atoms with E-state index in [4.69, 9.17) is 9.97 Å². The highest BCUT2D eigenvalue weighted by Crippen LogP contribution is 2.33. The molecule has 1 saturated heterocycles. The molecule has 7 rings (SSSR count). The molecular weight excluding hydrogens is 494 g/mol. The van der Waals surface area contributed by atoms with Gasteiger partial charge < -0.3 is 4.98 Å². The minimum Gasteiger partial charge on any atom is -0.335 e. The van der Waals surface area contributed by atoms with Crippen LogP contribution in [0.15, 0.2) is 60.4 Å². The Hall–Kier alpha value is -4.09. The largest absolute Gasteiger partial charge is 0.335 e. The van der Waals surface area contributed by atoms with Crippen molar-refractivity contribution in [3.8, 4) is 33.2 Å². The van der Waals surface area contributed by atoms with Crippen LogP contribution in [0.4, 0.5) is 8.78 Å². The van der Waals surface area contributed by atoms with Crippen molar-refractivity contribution in [2.75, 3.05) is 13.1 Å². The normalized spacial score (nSPS) is 15.7. The smallest absolute Gasteiger partial charge is 0.261 e. The van der Waals surface area contributed by atoms with Crippen molar-refractivity contribution in [3.63, 3.8) is 0 Å². The van der Waals surface area contributed by atoms with Crippen molar-refractivity contribution in [2.45, 2.75) is 18.9 Å². The summed E-state index contributed by atoms with van der Waals surface area (Å²) in [6.45, 7) is 0.578. The molecule has 1 fully saturated rings. The molecule has 0 bridgehead atoms. The molecule has 0 unspecified atom stereocenters. The van der Waals surface area contributed by atoms with Gasteiger partial charge in [0.2, 0.25) is 0 Å². The topological polar surface area (TPSA) is 99.3 Å². The lowest BCUT2D eigenvalue weighted by Gasteiger charge is -2.15. The van der Waals surface area contributed by atoms with Gasteiger partial charge in [-0.25, -0.2) is 23.7 Å². The Morgan fingerprint density at radius 3 is 2.89 bits per heavy atom. The van der Waals surface area contributed by atoms with Crippen LogP contribution in [0.3, 0.4) is 0 Å². The Kier molecular flexibility index (Phi) is 5.08. The maximum atomic E-state index is 13.6. The maximum Gasteiger partial charge on any atom is 0.261 e. The molecule has 1 aliphatic heterocycles. The number of alkyl halides is 2. The van der Waals surface area contributed by atoms with Crippen LogP contribution in [0, 0.1) is 0 Å². The van der Waals surface area contributed by atoms with E-state index in [0.29, 0.717) is 41.5 Å². The van der Waals surface area contributed by atoms with Crippen LogP contribution in [-0.2, 0) is 6.54 Å². The average Bonchev–Trinajstić information content (AvgIpc) is 3.69. The molecule has 0 atom stereocenters. The number of aromatic nitrogens is 7. The van der Waals surface area contributed by atoms with Gasteiger partial charge in [0.15, 0.2) is 17.2 Å². The summed E-state index contributed by atoms with van der Waals surface area (Å²) >= 11 is 1.65. The van der Waals surface area contributed by atoms with Crippen LogP contribution in [0.1, 0.15) is 12.0 Å². The van der Waals surface area contributed by atoms with Crippen molar-refractivity contribution in [1.82, 2.24) is 40.0 Å². The second-order valence-corrected chi connectivity index (χ2v) is 10.1. The first-order valence-electron chi connectivity index (χ1n) is 11.8. The van der Waals surface area contributed by atoms with Gasteiger partial charge in [0.05, 0.1) is 23.3 Å². The number of hydrogen-bond acceptors (Lipinski definition) is 7. The van der Waals surface area contributed by atoms with E-state index in [2.05, 4.69) is 31.2 Å². The lowest BCUT2D eigenvalue weighted by molar-refractivity contribution is 0.0115. The quantitative estimate of drug-likeness (QED) is 0.314. The number of halogens is 2. The van der Waals surface area contributed by atoms with Crippen molar-refractivity contribution in [3.05, 3.63) is 65.9 Å². The van der Waals surface area contributed by atoms with Gasteiger partial charge >= 0.3 is 0 Å². The molecule has 8 nitrogen and oxygen atoms in total. The van der Waals surface area contributed by atoms with Gasteiger partial charge in [-0.1, -0.05) is 6.07 Å². The zero-order valence-corrected chi connectivity index (χ0v) is 20.3. The van der Waals surface area contributed by atoms with Crippen LogP contribution in [-0.4, -0.2) is 59.0 Å². The number of pyridine rings is 3. The Bertz CT molecular complexity index is 1740. The fourth-order valence-electron chi connectivity index (χ4n) is 4.80. The summed E-state index contributed by atoms with van der Waals surface area (Å²) in [5.74, 6) is -2.05. The third kappa shape index (κ3) is 4.05. The van der Waals surface area contributed by atoms with Gasteiger partial charge in [-0.15, -0.1) is 11.3 Å². The molecule has 1 aliphatic rings. The summed E-state index contributed by atoms with van der Waals surface area (Å²) in [5, 5.41) is 9.56. The second-order valence-electron chi connectivity index (χ2n) is 9.18. The van der Waals surface area contributed by atoms with Crippen LogP contribution in [0.5, 0.6) is 0 Å². The third-order valence-corrected chi connectivity index (χ3v) is 7.46. The number of aromatic amines is 2. The highest BCUT2D eigenvalue weighted by Gasteiger charge is 2.37. The second kappa shape index (κ2) is 8.49. The van der Waals surface area contributed by atoms with Crippen molar-refractivity contribution < 1.29 is 8.78 Å². The van der Waals surface area contributed by atoms with Crippen LogP contribution in [0.25, 0.3) is 55.4 Å². The molecule has 6 aromatic rings. The van der Waals surface area contributed by atoms with Gasteiger partial charge in [-0.2, -0.15) is 5.10 Å². The Balaban J connectivity index is 1.24. The summed E-state index contributed by atoms with van der Waals surface area (Å²) in [7, 11) is 0. The van der Waals surface area contributed by atoms with E-state index in [0.717, 1.165) is 32.6 Å². The van der Waals surface area contributed by atoms with Gasteiger partial charge in [0, 0.05) is 54.1 Å². The maximum absolute atomic E-state index is 13.6. The number of fused-ring (bicyclic) bond motifs is 2. The fourth-order valence-corrected chi connectivity index (χ4v) is 5.56. The number of hydrogen-bond donors (Lipinski definition) is 2. The van der Waals surface area contributed by atoms with Gasteiger partial charge in [0.1, 0.15) is 5.52 Å². The molecule has 0 aliphatic carbocycles. The van der Waals surface area contributed by atoms with Gasteiger partial charge in [-0.05, 0) is 41.3 Å². The summed E-state index contributed by atoms with van der Waals surface area (Å²) in [6, 6.07) is 11.8. The molecule has 0 radical (unpaired) electrons. The Labute approximate surface area is 213 Å². The average molecular weight is 515 g/mol. The number of rotatable bonds is 5. The first-order chi connectivity index (χ1) is 18.0. The van der Waals surface area contributed by atoms with E-state index in [-0.39, 0.29) is 13.0 Å². The summed E-state index contributed by atoms with van der Waals surface area (Å²) < 4.78 is 27.2. The third-order valence-electron chi connectivity index (χ3n) is 6.56. The molecule has 37 heavy (non-hydrogen) atoms. The number of thiophene rings is 1. The number of H-pyrrole nitrogens is 2. The summed E-state index contributed by atoms with van der Waals surface area (Å²) in [5.41, 5.74) is 6.91. The van der Waals surface area contributed by atoms with E-state index >= 15 is 0 Å². The number of imidazole rings is 1. The monoisotopic (exact) mass is 514 g/mol. The highest BCUT2D eigenvalue weighted by atomic mass is 32.1. The van der Waals surface area contributed by atoms with E-state index in [1.807, 2.05) is 35.7 Å². The Morgan fingerprint density at radius 1 is 1.11 bits per heavy atom. The zero-order chi connectivity index (χ0) is 25.0. The molecule has 11 heteroatoms. The van der Waals surface area contributed by atoms with E-state index in [9.17, 15) is 8.78 Å².